The maximum Gasteiger partial charge on any atom is 0.170 e. The lowest BCUT2D eigenvalue weighted by molar-refractivity contribution is 0.278. The highest BCUT2D eigenvalue weighted by molar-refractivity contribution is 7.80. The average Bonchev–Trinajstić information content (AvgIpc) is 3.01. The Balaban J connectivity index is 2.05. The van der Waals surface area contributed by atoms with Crippen molar-refractivity contribution in [2.45, 2.75) is 32.9 Å². The third kappa shape index (κ3) is 2.98. The maximum atomic E-state index is 5.64. The van der Waals surface area contributed by atoms with Crippen LogP contribution in [-0.2, 0) is 7.05 Å². The largest absolute Gasteiger partial charge is 0.352 e. The summed E-state index contributed by atoms with van der Waals surface area (Å²) in [4.78, 5) is 6.88. The van der Waals surface area contributed by atoms with Crippen molar-refractivity contribution in [2.75, 3.05) is 6.54 Å². The van der Waals surface area contributed by atoms with Gasteiger partial charge in [-0.15, -0.1) is 0 Å². The molecule has 122 valence electrons. The first-order valence-electron chi connectivity index (χ1n) is 8.09. The smallest absolute Gasteiger partial charge is 0.170 e. The van der Waals surface area contributed by atoms with E-state index < -0.39 is 0 Å². The summed E-state index contributed by atoms with van der Waals surface area (Å²) in [6.07, 6.45) is 1.85. The first-order chi connectivity index (χ1) is 11.0. The molecule has 23 heavy (non-hydrogen) atoms. The molecule has 2 atom stereocenters. The summed E-state index contributed by atoms with van der Waals surface area (Å²) in [5.41, 5.74) is 3.55. The highest BCUT2D eigenvalue weighted by Crippen LogP contribution is 2.39. The molecular formula is C18H24N4S. The van der Waals surface area contributed by atoms with Crippen molar-refractivity contribution in [1.29, 1.82) is 0 Å². The molecule has 1 fully saturated rings. The maximum absolute atomic E-state index is 5.64. The fraction of sp³-hybridized carbons (Fsp3) is 0.444. The van der Waals surface area contributed by atoms with Crippen molar-refractivity contribution >= 4 is 17.3 Å². The van der Waals surface area contributed by atoms with E-state index in [1.807, 2.05) is 18.3 Å². The lowest BCUT2D eigenvalue weighted by atomic mass is 10.0. The Hall–Kier alpha value is -1.88. The molecular weight excluding hydrogens is 304 g/mol. The van der Waals surface area contributed by atoms with E-state index in [2.05, 4.69) is 65.8 Å². The summed E-state index contributed by atoms with van der Waals surface area (Å²) in [6, 6.07) is 10.7. The Bertz CT molecular complexity index is 692. The number of nitrogens with one attached hydrogen (secondary N) is 1. The van der Waals surface area contributed by atoms with Crippen LogP contribution in [0.25, 0.3) is 0 Å². The van der Waals surface area contributed by atoms with Gasteiger partial charge in [0.1, 0.15) is 0 Å². The Kier molecular flexibility index (Phi) is 4.39. The molecule has 0 spiro atoms. The van der Waals surface area contributed by atoms with Crippen molar-refractivity contribution in [3.8, 4) is 0 Å². The van der Waals surface area contributed by atoms with Gasteiger partial charge in [0.15, 0.2) is 5.11 Å². The van der Waals surface area contributed by atoms with Gasteiger partial charge in [-0.25, -0.2) is 0 Å². The van der Waals surface area contributed by atoms with E-state index >= 15 is 0 Å². The van der Waals surface area contributed by atoms with Crippen LogP contribution in [0.2, 0.25) is 0 Å². The number of hydrogen-bond donors (Lipinski definition) is 1. The van der Waals surface area contributed by atoms with E-state index in [9.17, 15) is 0 Å². The standard InChI is InChI=1S/C18H24N4S/c1-12(2)11-22-17(15-9-8-13(3)21(15)4)16(20-18(22)23)14-7-5-6-10-19-14/h5-10,12,16-17H,11H2,1-4H3,(H,20,23)/t16-,17-/m1/s1. The first kappa shape index (κ1) is 16.0. The molecule has 3 rings (SSSR count). The van der Waals surface area contributed by atoms with E-state index in [4.69, 9.17) is 12.2 Å². The van der Waals surface area contributed by atoms with Gasteiger partial charge in [-0.2, -0.15) is 0 Å². The number of rotatable bonds is 4. The minimum absolute atomic E-state index is 0.0791. The number of aromatic nitrogens is 2. The summed E-state index contributed by atoms with van der Waals surface area (Å²) in [7, 11) is 2.12. The van der Waals surface area contributed by atoms with Crippen LogP contribution in [0.3, 0.4) is 0 Å². The van der Waals surface area contributed by atoms with Gasteiger partial charge in [0.05, 0.1) is 17.8 Å². The molecule has 4 nitrogen and oxygen atoms in total. The topological polar surface area (TPSA) is 33.1 Å². The second-order valence-electron chi connectivity index (χ2n) is 6.63. The molecule has 1 saturated heterocycles. The quantitative estimate of drug-likeness (QED) is 0.873. The summed E-state index contributed by atoms with van der Waals surface area (Å²) in [5.74, 6) is 0.543. The molecule has 5 heteroatoms. The Morgan fingerprint density at radius 1 is 1.26 bits per heavy atom. The summed E-state index contributed by atoms with van der Waals surface area (Å²) in [5, 5.41) is 4.31. The Morgan fingerprint density at radius 3 is 2.61 bits per heavy atom. The molecule has 1 aliphatic heterocycles. The van der Waals surface area contributed by atoms with Gasteiger partial charge in [-0.3, -0.25) is 4.98 Å². The molecule has 0 unspecified atom stereocenters. The van der Waals surface area contributed by atoms with Gasteiger partial charge in [-0.05, 0) is 49.3 Å². The first-order valence-corrected chi connectivity index (χ1v) is 8.50. The van der Waals surface area contributed by atoms with Crippen molar-refractivity contribution in [1.82, 2.24) is 19.8 Å². The van der Waals surface area contributed by atoms with Gasteiger partial charge < -0.3 is 14.8 Å². The zero-order chi connectivity index (χ0) is 16.6. The Labute approximate surface area is 143 Å². The highest BCUT2D eigenvalue weighted by Gasteiger charge is 2.41. The molecule has 0 aromatic carbocycles. The number of hydrogen-bond acceptors (Lipinski definition) is 2. The van der Waals surface area contributed by atoms with Crippen molar-refractivity contribution in [3.05, 3.63) is 53.6 Å². The van der Waals surface area contributed by atoms with Crippen LogP contribution in [0.4, 0.5) is 0 Å². The van der Waals surface area contributed by atoms with Crippen LogP contribution in [0.5, 0.6) is 0 Å². The molecule has 0 saturated carbocycles. The van der Waals surface area contributed by atoms with Crippen molar-refractivity contribution < 1.29 is 0 Å². The van der Waals surface area contributed by atoms with Crippen molar-refractivity contribution in [2.24, 2.45) is 13.0 Å². The van der Waals surface area contributed by atoms with E-state index in [0.29, 0.717) is 5.92 Å². The summed E-state index contributed by atoms with van der Waals surface area (Å²) in [6.45, 7) is 7.52. The molecule has 0 amide bonds. The molecule has 3 heterocycles. The van der Waals surface area contributed by atoms with Crippen LogP contribution in [0.1, 0.15) is 43.0 Å². The lowest BCUT2D eigenvalue weighted by Gasteiger charge is -2.29. The van der Waals surface area contributed by atoms with E-state index in [1.54, 1.807) is 0 Å². The van der Waals surface area contributed by atoms with Gasteiger partial charge in [0, 0.05) is 31.2 Å². The van der Waals surface area contributed by atoms with Crippen LogP contribution in [0.15, 0.2) is 36.5 Å². The highest BCUT2D eigenvalue weighted by atomic mass is 32.1. The minimum atomic E-state index is 0.0791. The molecule has 0 bridgehead atoms. The van der Waals surface area contributed by atoms with Crippen LogP contribution in [-0.4, -0.2) is 26.1 Å². The molecule has 1 N–H and O–H groups in total. The summed E-state index contributed by atoms with van der Waals surface area (Å²) >= 11 is 5.64. The van der Waals surface area contributed by atoms with Crippen molar-refractivity contribution in [3.63, 3.8) is 0 Å². The monoisotopic (exact) mass is 328 g/mol. The number of thiocarbonyl (C=S) groups is 1. The molecule has 2 aromatic rings. The number of nitrogens with zero attached hydrogens (tertiary/aromatic N) is 3. The van der Waals surface area contributed by atoms with E-state index in [-0.39, 0.29) is 12.1 Å². The zero-order valence-electron chi connectivity index (χ0n) is 14.2. The molecule has 0 aliphatic carbocycles. The fourth-order valence-corrected chi connectivity index (χ4v) is 3.56. The second-order valence-corrected chi connectivity index (χ2v) is 7.02. The minimum Gasteiger partial charge on any atom is -0.352 e. The predicted octanol–water partition coefficient (Wildman–Crippen LogP) is 3.36. The van der Waals surface area contributed by atoms with Gasteiger partial charge in [0.2, 0.25) is 0 Å². The summed E-state index contributed by atoms with van der Waals surface area (Å²) < 4.78 is 2.25. The third-order valence-electron chi connectivity index (χ3n) is 4.47. The third-order valence-corrected chi connectivity index (χ3v) is 4.83. The molecule has 1 aliphatic rings. The van der Waals surface area contributed by atoms with Crippen LogP contribution >= 0.6 is 12.2 Å². The van der Waals surface area contributed by atoms with E-state index in [0.717, 1.165) is 17.4 Å². The molecule has 0 radical (unpaired) electrons. The SMILES string of the molecule is Cc1ccc([C@@H]2[C@@H](c3ccccn3)NC(=S)N2CC(C)C)n1C. The Morgan fingerprint density at radius 2 is 2.04 bits per heavy atom. The van der Waals surface area contributed by atoms with Crippen LogP contribution in [0, 0.1) is 12.8 Å². The van der Waals surface area contributed by atoms with Gasteiger partial charge in [-0.1, -0.05) is 19.9 Å². The van der Waals surface area contributed by atoms with Crippen LogP contribution < -0.4 is 5.32 Å². The van der Waals surface area contributed by atoms with Gasteiger partial charge in [0.25, 0.3) is 0 Å². The normalized spacial score (nSPS) is 21.1. The lowest BCUT2D eigenvalue weighted by Crippen LogP contribution is -2.33. The van der Waals surface area contributed by atoms with Gasteiger partial charge >= 0.3 is 0 Å². The fourth-order valence-electron chi connectivity index (χ4n) is 3.25. The zero-order valence-corrected chi connectivity index (χ0v) is 15.0. The molecule has 2 aromatic heterocycles. The second kappa shape index (κ2) is 6.32. The number of aryl methyl sites for hydroxylation is 1. The predicted molar refractivity (Wildman–Crippen MR) is 97.1 cm³/mol. The average molecular weight is 328 g/mol. The van der Waals surface area contributed by atoms with E-state index in [1.165, 1.54) is 11.4 Å². The number of pyridine rings is 1.